The van der Waals surface area contributed by atoms with Crippen molar-refractivity contribution in [1.29, 1.82) is 0 Å². The average molecular weight is 370 g/mol. The highest BCUT2D eigenvalue weighted by Crippen LogP contribution is 2.19. The summed E-state index contributed by atoms with van der Waals surface area (Å²) < 4.78 is 16.9. The van der Waals surface area contributed by atoms with Crippen molar-refractivity contribution < 1.29 is 13.7 Å². The van der Waals surface area contributed by atoms with Crippen LogP contribution in [-0.2, 0) is 22.1 Å². The first kappa shape index (κ1) is 15.6. The predicted octanol–water partition coefficient (Wildman–Crippen LogP) is 2.73. The lowest BCUT2D eigenvalue weighted by Crippen LogP contribution is -2.16. The zero-order chi connectivity index (χ0) is 15.2. The molecular weight excluding hydrogens is 358 g/mol. The molecule has 0 aliphatic rings. The number of hydrogen-bond donors (Lipinski definition) is 1. The molecule has 21 heavy (non-hydrogen) atoms. The molecule has 110 valence electrons. The molecule has 0 radical (unpaired) electrons. The SMILES string of the molecule is CS(=O)c1ncc(Br)c(NC(=O)OCc2ccccc2)n1. The number of rotatable bonds is 4. The van der Waals surface area contributed by atoms with E-state index in [1.807, 2.05) is 30.3 Å². The van der Waals surface area contributed by atoms with E-state index in [1.165, 1.54) is 12.5 Å². The number of amides is 1. The second-order valence-corrected chi connectivity index (χ2v) is 6.12. The Balaban J connectivity index is 1.99. The Morgan fingerprint density at radius 3 is 2.76 bits per heavy atom. The van der Waals surface area contributed by atoms with Crippen LogP contribution in [0, 0.1) is 0 Å². The van der Waals surface area contributed by atoms with Gasteiger partial charge in [0.2, 0.25) is 5.16 Å². The van der Waals surface area contributed by atoms with Gasteiger partial charge in [-0.2, -0.15) is 0 Å². The van der Waals surface area contributed by atoms with E-state index in [2.05, 4.69) is 31.2 Å². The van der Waals surface area contributed by atoms with Gasteiger partial charge in [0.25, 0.3) is 0 Å². The molecule has 0 fully saturated rings. The van der Waals surface area contributed by atoms with E-state index < -0.39 is 16.9 Å². The third-order valence-corrected chi connectivity index (χ3v) is 3.70. The fourth-order valence-corrected chi connectivity index (χ4v) is 2.14. The summed E-state index contributed by atoms with van der Waals surface area (Å²) >= 11 is 3.21. The van der Waals surface area contributed by atoms with Crippen LogP contribution >= 0.6 is 15.9 Å². The van der Waals surface area contributed by atoms with Crippen LogP contribution < -0.4 is 5.32 Å². The Bertz CT molecular complexity index is 667. The summed E-state index contributed by atoms with van der Waals surface area (Å²) in [4.78, 5) is 19.6. The molecule has 0 aliphatic heterocycles. The van der Waals surface area contributed by atoms with Crippen molar-refractivity contribution in [1.82, 2.24) is 9.97 Å². The number of carbonyl (C=O) groups is 1. The minimum atomic E-state index is -1.33. The van der Waals surface area contributed by atoms with Gasteiger partial charge in [-0.05, 0) is 21.5 Å². The van der Waals surface area contributed by atoms with Gasteiger partial charge >= 0.3 is 6.09 Å². The van der Waals surface area contributed by atoms with Crippen LogP contribution in [0.2, 0.25) is 0 Å². The molecule has 1 amide bonds. The molecule has 2 rings (SSSR count). The van der Waals surface area contributed by atoms with E-state index in [9.17, 15) is 9.00 Å². The summed E-state index contributed by atoms with van der Waals surface area (Å²) in [6.45, 7) is 0.155. The summed E-state index contributed by atoms with van der Waals surface area (Å²) in [5, 5.41) is 2.62. The van der Waals surface area contributed by atoms with Crippen molar-refractivity contribution in [3.63, 3.8) is 0 Å². The zero-order valence-corrected chi connectivity index (χ0v) is 13.5. The van der Waals surface area contributed by atoms with E-state index >= 15 is 0 Å². The molecule has 0 aliphatic carbocycles. The Morgan fingerprint density at radius 2 is 2.10 bits per heavy atom. The minimum Gasteiger partial charge on any atom is -0.444 e. The Morgan fingerprint density at radius 1 is 1.38 bits per heavy atom. The number of aromatic nitrogens is 2. The number of ether oxygens (including phenoxy) is 1. The molecule has 1 N–H and O–H groups in total. The number of hydrogen-bond acceptors (Lipinski definition) is 5. The lowest BCUT2D eigenvalue weighted by molar-refractivity contribution is 0.155. The number of benzene rings is 1. The van der Waals surface area contributed by atoms with E-state index in [0.717, 1.165) is 5.56 Å². The fraction of sp³-hybridized carbons (Fsp3) is 0.154. The Labute approximate surface area is 132 Å². The first-order chi connectivity index (χ1) is 10.1. The standard InChI is InChI=1S/C13H12BrN3O3S/c1-21(19)12-15-7-10(14)11(16-12)17-13(18)20-8-9-5-3-2-4-6-9/h2-7H,8H2,1H3,(H,15,16,17,18). The van der Waals surface area contributed by atoms with Crippen LogP contribution in [-0.4, -0.2) is 26.5 Å². The van der Waals surface area contributed by atoms with Crippen molar-refractivity contribution in [2.75, 3.05) is 11.6 Å². The predicted molar refractivity (Wildman–Crippen MR) is 82.3 cm³/mol. The third-order valence-electron chi connectivity index (χ3n) is 2.41. The monoisotopic (exact) mass is 369 g/mol. The van der Waals surface area contributed by atoms with Crippen molar-refractivity contribution in [2.24, 2.45) is 0 Å². The van der Waals surface area contributed by atoms with E-state index in [-0.39, 0.29) is 17.6 Å². The van der Waals surface area contributed by atoms with Crippen LogP contribution in [0.25, 0.3) is 0 Å². The molecule has 1 atom stereocenters. The summed E-state index contributed by atoms with van der Waals surface area (Å²) in [5.74, 6) is 0.216. The summed E-state index contributed by atoms with van der Waals surface area (Å²) in [7, 11) is -1.33. The molecule has 2 aromatic rings. The molecule has 0 spiro atoms. The van der Waals surface area contributed by atoms with Gasteiger partial charge in [0.15, 0.2) is 5.82 Å². The Hall–Kier alpha value is -1.80. The molecule has 1 heterocycles. The fourth-order valence-electron chi connectivity index (χ4n) is 1.43. The van der Waals surface area contributed by atoms with Gasteiger partial charge in [0, 0.05) is 12.5 Å². The van der Waals surface area contributed by atoms with Crippen LogP contribution in [0.4, 0.5) is 10.6 Å². The molecule has 0 saturated carbocycles. The second kappa shape index (κ2) is 7.28. The second-order valence-electron chi connectivity index (χ2n) is 3.99. The normalized spacial score (nSPS) is 11.7. The zero-order valence-electron chi connectivity index (χ0n) is 11.1. The van der Waals surface area contributed by atoms with Gasteiger partial charge in [-0.1, -0.05) is 30.3 Å². The number of halogens is 1. The quantitative estimate of drug-likeness (QED) is 0.837. The maximum absolute atomic E-state index is 11.7. The van der Waals surface area contributed by atoms with Crippen LogP contribution in [0.15, 0.2) is 46.2 Å². The highest BCUT2D eigenvalue weighted by atomic mass is 79.9. The van der Waals surface area contributed by atoms with Crippen LogP contribution in [0.5, 0.6) is 0 Å². The van der Waals surface area contributed by atoms with E-state index in [1.54, 1.807) is 0 Å². The smallest absolute Gasteiger partial charge is 0.413 e. The number of nitrogens with one attached hydrogen (secondary N) is 1. The van der Waals surface area contributed by atoms with Gasteiger partial charge in [0.05, 0.1) is 15.3 Å². The molecule has 0 bridgehead atoms. The number of carbonyl (C=O) groups excluding carboxylic acids is 1. The maximum atomic E-state index is 11.7. The van der Waals surface area contributed by atoms with Gasteiger partial charge < -0.3 is 4.74 Å². The van der Waals surface area contributed by atoms with Gasteiger partial charge in [-0.25, -0.2) is 14.8 Å². The average Bonchev–Trinajstić information content (AvgIpc) is 2.48. The van der Waals surface area contributed by atoms with Crippen molar-refractivity contribution in [2.45, 2.75) is 11.8 Å². The van der Waals surface area contributed by atoms with Crippen molar-refractivity contribution in [3.8, 4) is 0 Å². The molecule has 1 aromatic carbocycles. The minimum absolute atomic E-state index is 0.136. The lowest BCUT2D eigenvalue weighted by atomic mass is 10.2. The molecule has 6 nitrogen and oxygen atoms in total. The van der Waals surface area contributed by atoms with Gasteiger partial charge in [-0.3, -0.25) is 9.53 Å². The highest BCUT2D eigenvalue weighted by Gasteiger charge is 2.11. The first-order valence-corrected chi connectivity index (χ1v) is 8.25. The van der Waals surface area contributed by atoms with E-state index in [4.69, 9.17) is 4.74 Å². The maximum Gasteiger partial charge on any atom is 0.413 e. The topological polar surface area (TPSA) is 81.2 Å². The van der Waals surface area contributed by atoms with Gasteiger partial charge in [0.1, 0.15) is 6.61 Å². The molecule has 1 aromatic heterocycles. The summed E-state index contributed by atoms with van der Waals surface area (Å²) in [5.41, 5.74) is 0.879. The number of anilines is 1. The largest absolute Gasteiger partial charge is 0.444 e. The molecule has 8 heteroatoms. The summed E-state index contributed by atoms with van der Waals surface area (Å²) in [6, 6.07) is 9.31. The van der Waals surface area contributed by atoms with Crippen LogP contribution in [0.3, 0.4) is 0 Å². The highest BCUT2D eigenvalue weighted by molar-refractivity contribution is 9.10. The molecule has 1 unspecified atom stereocenters. The molecular formula is C13H12BrN3O3S. The third kappa shape index (κ3) is 4.61. The number of nitrogens with zero attached hydrogens (tertiary/aromatic N) is 2. The van der Waals surface area contributed by atoms with Crippen molar-refractivity contribution in [3.05, 3.63) is 46.6 Å². The first-order valence-electron chi connectivity index (χ1n) is 5.90. The van der Waals surface area contributed by atoms with Gasteiger partial charge in [-0.15, -0.1) is 0 Å². The molecule has 0 saturated heterocycles. The lowest BCUT2D eigenvalue weighted by Gasteiger charge is -2.08. The van der Waals surface area contributed by atoms with Crippen LogP contribution in [0.1, 0.15) is 5.56 Å². The Kier molecular flexibility index (Phi) is 5.40. The van der Waals surface area contributed by atoms with E-state index in [0.29, 0.717) is 4.47 Å². The summed E-state index contributed by atoms with van der Waals surface area (Å²) in [6.07, 6.45) is 2.24. The van der Waals surface area contributed by atoms with Crippen molar-refractivity contribution >= 4 is 38.6 Å².